The van der Waals surface area contributed by atoms with Gasteiger partial charge in [0.15, 0.2) is 0 Å². The lowest BCUT2D eigenvalue weighted by Crippen LogP contribution is -2.47. The summed E-state index contributed by atoms with van der Waals surface area (Å²) in [6.45, 7) is 6.84. The van der Waals surface area contributed by atoms with Crippen molar-refractivity contribution in [3.05, 3.63) is 58.5 Å². The maximum atomic E-state index is 12.8. The molecule has 0 unspecified atom stereocenters. The molecule has 7 heteroatoms. The van der Waals surface area contributed by atoms with Crippen LogP contribution in [0.5, 0.6) is 0 Å². The lowest BCUT2D eigenvalue weighted by Gasteiger charge is -2.40. The Labute approximate surface area is 219 Å². The average molecular weight is 501 g/mol. The molecule has 3 aromatic rings. The third-order valence-corrected chi connectivity index (χ3v) is 8.80. The zero-order valence-corrected chi connectivity index (χ0v) is 22.1. The van der Waals surface area contributed by atoms with Gasteiger partial charge in [-0.25, -0.2) is 4.98 Å². The highest BCUT2D eigenvalue weighted by Gasteiger charge is 2.27. The third kappa shape index (κ3) is 5.39. The number of benzene rings is 1. The zero-order chi connectivity index (χ0) is 25.2. The fourth-order valence-corrected chi connectivity index (χ4v) is 6.51. The van der Waals surface area contributed by atoms with E-state index in [2.05, 4.69) is 62.4 Å². The van der Waals surface area contributed by atoms with Crippen LogP contribution in [0.1, 0.15) is 56.4 Å². The summed E-state index contributed by atoms with van der Waals surface area (Å²) in [6, 6.07) is 13.5. The number of anilines is 3. The second-order valence-electron chi connectivity index (χ2n) is 11.2. The summed E-state index contributed by atoms with van der Waals surface area (Å²) in [5.41, 5.74) is 2.26. The minimum Gasteiger partial charge on any atom is -0.356 e. The van der Waals surface area contributed by atoms with E-state index in [1.807, 2.05) is 6.07 Å². The molecule has 37 heavy (non-hydrogen) atoms. The Morgan fingerprint density at radius 3 is 2.35 bits per heavy atom. The maximum absolute atomic E-state index is 12.8. The summed E-state index contributed by atoms with van der Waals surface area (Å²) in [6.07, 6.45) is 10.6. The molecule has 1 aromatic carbocycles. The largest absolute Gasteiger partial charge is 0.356 e. The number of fused-ring (bicyclic) bond motifs is 1. The molecule has 0 aliphatic carbocycles. The molecule has 5 heterocycles. The molecule has 3 aliphatic rings. The summed E-state index contributed by atoms with van der Waals surface area (Å²) >= 11 is 0. The van der Waals surface area contributed by atoms with Gasteiger partial charge in [0.2, 0.25) is 0 Å². The zero-order valence-electron chi connectivity index (χ0n) is 22.1. The molecule has 2 aromatic heterocycles. The van der Waals surface area contributed by atoms with Crippen LogP contribution in [0.2, 0.25) is 0 Å². The van der Waals surface area contributed by atoms with E-state index < -0.39 is 0 Å². The van der Waals surface area contributed by atoms with Crippen molar-refractivity contribution < 1.29 is 0 Å². The number of hydrogen-bond donors (Lipinski definition) is 2. The molecular formula is C30H40N6O. The molecule has 6 rings (SSSR count). The number of rotatable bonds is 5. The third-order valence-electron chi connectivity index (χ3n) is 8.80. The highest BCUT2D eigenvalue weighted by molar-refractivity contribution is 5.94. The van der Waals surface area contributed by atoms with Crippen molar-refractivity contribution in [2.45, 2.75) is 56.9 Å². The van der Waals surface area contributed by atoms with E-state index >= 15 is 0 Å². The normalized spacial score (nSPS) is 20.9. The van der Waals surface area contributed by atoms with Crippen LogP contribution >= 0.6 is 0 Å². The number of pyridine rings is 2. The van der Waals surface area contributed by atoms with E-state index in [9.17, 15) is 4.79 Å². The van der Waals surface area contributed by atoms with Gasteiger partial charge in [0.05, 0.1) is 5.39 Å². The van der Waals surface area contributed by atoms with Crippen LogP contribution < -0.4 is 15.8 Å². The van der Waals surface area contributed by atoms with E-state index in [4.69, 9.17) is 4.98 Å². The van der Waals surface area contributed by atoms with Crippen molar-refractivity contribution in [1.82, 2.24) is 19.8 Å². The molecular weight excluding hydrogens is 460 g/mol. The van der Waals surface area contributed by atoms with Crippen LogP contribution in [-0.4, -0.2) is 72.1 Å². The first-order valence-electron chi connectivity index (χ1n) is 14.2. The van der Waals surface area contributed by atoms with Crippen molar-refractivity contribution in [3.63, 3.8) is 0 Å². The van der Waals surface area contributed by atoms with E-state index in [1.54, 1.807) is 6.20 Å². The standard InChI is InChI=1S/C30H40N6O/c1-34-17-10-23(11-18-34)22-5-7-25(8-6-22)32-29-28-24(9-14-31-30(28)37)21-27(33-29)36-19-12-26(13-20-36)35-15-3-2-4-16-35/h5-9,14,21,23,26H,2-4,10-13,15-20H2,1H3,(H,31,37)(H,32,33). The quantitative estimate of drug-likeness (QED) is 0.518. The summed E-state index contributed by atoms with van der Waals surface area (Å²) in [5, 5.41) is 5.04. The van der Waals surface area contributed by atoms with Crippen molar-refractivity contribution in [2.24, 2.45) is 0 Å². The molecule has 0 bridgehead atoms. The molecule has 2 N–H and O–H groups in total. The Morgan fingerprint density at radius 2 is 1.62 bits per heavy atom. The number of aromatic nitrogens is 2. The van der Waals surface area contributed by atoms with E-state index in [0.717, 1.165) is 43.1 Å². The van der Waals surface area contributed by atoms with Crippen molar-refractivity contribution in [3.8, 4) is 0 Å². The first kappa shape index (κ1) is 24.4. The highest BCUT2D eigenvalue weighted by atomic mass is 16.1. The molecule has 0 spiro atoms. The van der Waals surface area contributed by atoms with Gasteiger partial charge < -0.3 is 25.0 Å². The number of piperidine rings is 3. The SMILES string of the molecule is CN1CCC(c2ccc(Nc3nc(N4CCC(N5CCCCC5)CC4)cc4cc[nH]c(=O)c34)cc2)CC1. The van der Waals surface area contributed by atoms with Crippen LogP contribution in [0.25, 0.3) is 10.8 Å². The molecule has 196 valence electrons. The van der Waals surface area contributed by atoms with Gasteiger partial charge in [-0.05, 0) is 113 Å². The number of nitrogens with zero attached hydrogens (tertiary/aromatic N) is 4. The summed E-state index contributed by atoms with van der Waals surface area (Å²) in [5.74, 6) is 2.23. The van der Waals surface area contributed by atoms with Gasteiger partial charge in [-0.1, -0.05) is 18.6 Å². The summed E-state index contributed by atoms with van der Waals surface area (Å²) in [7, 11) is 2.20. The van der Waals surface area contributed by atoms with Crippen LogP contribution in [0, 0.1) is 0 Å². The van der Waals surface area contributed by atoms with Gasteiger partial charge in [-0.3, -0.25) is 4.79 Å². The average Bonchev–Trinajstić information content (AvgIpc) is 2.94. The Hall–Kier alpha value is -2.90. The van der Waals surface area contributed by atoms with Gasteiger partial charge in [0, 0.05) is 31.0 Å². The second kappa shape index (κ2) is 10.8. The van der Waals surface area contributed by atoms with Crippen LogP contribution in [-0.2, 0) is 0 Å². The number of hydrogen-bond acceptors (Lipinski definition) is 6. The minimum atomic E-state index is -0.106. The fraction of sp³-hybridized carbons (Fsp3) is 0.533. The van der Waals surface area contributed by atoms with E-state index in [0.29, 0.717) is 23.2 Å². The number of H-pyrrole nitrogens is 1. The molecule has 7 nitrogen and oxygen atoms in total. The summed E-state index contributed by atoms with van der Waals surface area (Å²) < 4.78 is 0. The van der Waals surface area contributed by atoms with Crippen molar-refractivity contribution >= 4 is 28.1 Å². The molecule has 0 atom stereocenters. The second-order valence-corrected chi connectivity index (χ2v) is 11.2. The molecule has 0 amide bonds. The highest BCUT2D eigenvalue weighted by Crippen LogP contribution is 2.31. The Bertz CT molecular complexity index is 1250. The number of nitrogens with one attached hydrogen (secondary N) is 2. The van der Waals surface area contributed by atoms with Gasteiger partial charge in [-0.2, -0.15) is 0 Å². The van der Waals surface area contributed by atoms with Gasteiger partial charge in [0.1, 0.15) is 11.6 Å². The molecule has 3 aliphatic heterocycles. The predicted octanol–water partition coefficient (Wildman–Crippen LogP) is 4.93. The smallest absolute Gasteiger partial charge is 0.259 e. The lowest BCUT2D eigenvalue weighted by atomic mass is 9.89. The maximum Gasteiger partial charge on any atom is 0.259 e. The first-order valence-corrected chi connectivity index (χ1v) is 14.2. The van der Waals surface area contributed by atoms with Gasteiger partial charge in [0.25, 0.3) is 5.56 Å². The Balaban J connectivity index is 1.21. The van der Waals surface area contributed by atoms with Crippen LogP contribution in [0.4, 0.5) is 17.3 Å². The summed E-state index contributed by atoms with van der Waals surface area (Å²) in [4.78, 5) is 28.2. The van der Waals surface area contributed by atoms with Crippen molar-refractivity contribution in [1.29, 1.82) is 0 Å². The lowest BCUT2D eigenvalue weighted by molar-refractivity contribution is 0.141. The van der Waals surface area contributed by atoms with Gasteiger partial charge >= 0.3 is 0 Å². The molecule has 3 fully saturated rings. The van der Waals surface area contributed by atoms with Crippen molar-refractivity contribution in [2.75, 3.05) is 56.5 Å². The predicted molar refractivity (Wildman–Crippen MR) is 152 cm³/mol. The first-order chi connectivity index (χ1) is 18.1. The number of aromatic amines is 1. The van der Waals surface area contributed by atoms with E-state index in [-0.39, 0.29) is 5.56 Å². The minimum absolute atomic E-state index is 0.106. The van der Waals surface area contributed by atoms with Crippen LogP contribution in [0.15, 0.2) is 47.4 Å². The monoisotopic (exact) mass is 500 g/mol. The molecule has 3 saturated heterocycles. The molecule has 0 saturated carbocycles. The van der Waals surface area contributed by atoms with E-state index in [1.165, 1.54) is 63.6 Å². The Kier molecular flexibility index (Phi) is 7.16. The topological polar surface area (TPSA) is 67.5 Å². The fourth-order valence-electron chi connectivity index (χ4n) is 6.51. The Morgan fingerprint density at radius 1 is 0.892 bits per heavy atom. The van der Waals surface area contributed by atoms with Gasteiger partial charge in [-0.15, -0.1) is 0 Å². The van der Waals surface area contributed by atoms with Crippen LogP contribution in [0.3, 0.4) is 0 Å². The molecule has 0 radical (unpaired) electrons. The number of likely N-dealkylation sites (tertiary alicyclic amines) is 2.